The lowest BCUT2D eigenvalue weighted by atomic mass is 10.1. The van der Waals surface area contributed by atoms with Gasteiger partial charge < -0.3 is 29.6 Å². The van der Waals surface area contributed by atoms with Gasteiger partial charge in [-0.2, -0.15) is 5.26 Å². The molecule has 1 saturated heterocycles. The van der Waals surface area contributed by atoms with Crippen molar-refractivity contribution < 1.29 is 23.3 Å². The van der Waals surface area contributed by atoms with Crippen molar-refractivity contribution >= 4 is 31.4 Å². The van der Waals surface area contributed by atoms with Crippen LogP contribution in [0.2, 0.25) is 0 Å². The summed E-state index contributed by atoms with van der Waals surface area (Å²) in [5.74, 6) is -0.0237. The van der Waals surface area contributed by atoms with Gasteiger partial charge in [0.1, 0.15) is 18.5 Å². The summed E-state index contributed by atoms with van der Waals surface area (Å²) in [7, 11) is -1.47. The number of carbonyl (C=O) groups excluding carboxylic acids is 1. The Morgan fingerprint density at radius 2 is 1.93 bits per heavy atom. The van der Waals surface area contributed by atoms with Crippen molar-refractivity contribution in [3.05, 3.63) is 48.5 Å². The number of nitrogens with two attached hydrogens (primary N) is 1. The number of nitrogens with one attached hydrogen (secondary N) is 1. The van der Waals surface area contributed by atoms with Crippen LogP contribution in [0.4, 0.5) is 5.82 Å². The van der Waals surface area contributed by atoms with E-state index in [2.05, 4.69) is 58.7 Å². The molecule has 14 heteroatoms. The van der Waals surface area contributed by atoms with Crippen LogP contribution in [0.5, 0.6) is 0 Å². The summed E-state index contributed by atoms with van der Waals surface area (Å²) >= 11 is 0. The van der Waals surface area contributed by atoms with Gasteiger partial charge in [-0.05, 0) is 46.8 Å². The first-order chi connectivity index (χ1) is 20.3. The Labute approximate surface area is 247 Å². The quantitative estimate of drug-likeness (QED) is 0.204. The molecule has 0 spiro atoms. The van der Waals surface area contributed by atoms with Crippen molar-refractivity contribution in [3.63, 3.8) is 0 Å². The summed E-state index contributed by atoms with van der Waals surface area (Å²) in [5, 5.41) is 11.8. The Kier molecular flexibility index (Phi) is 11.3. The number of nitriles is 1. The number of anilines is 1. The maximum absolute atomic E-state index is 12.8. The summed E-state index contributed by atoms with van der Waals surface area (Å²) < 4.78 is 28.7. The number of carbonyl (C=O) groups is 1. The molecule has 1 aromatic carbocycles. The highest BCUT2D eigenvalue weighted by molar-refractivity contribution is 7.44. The number of hydrogen-bond donors (Lipinski definition) is 2. The van der Waals surface area contributed by atoms with Crippen LogP contribution in [0.25, 0.3) is 11.2 Å². The molecule has 5 atom stereocenters. The lowest BCUT2D eigenvalue weighted by Crippen LogP contribution is -2.43. The largest absolute Gasteiger partial charge is 0.372 e. The van der Waals surface area contributed by atoms with E-state index in [1.807, 2.05) is 13.0 Å². The third-order valence-electron chi connectivity index (χ3n) is 6.68. The molecule has 1 unspecified atom stereocenters. The second-order valence-electron chi connectivity index (χ2n) is 10.3. The zero-order chi connectivity index (χ0) is 30.2. The zero-order valence-electron chi connectivity index (χ0n) is 24.6. The molecule has 3 heterocycles. The number of benzene rings is 1. The third kappa shape index (κ3) is 7.27. The second kappa shape index (κ2) is 14.9. The van der Waals surface area contributed by atoms with Gasteiger partial charge in [0, 0.05) is 24.3 Å². The topological polar surface area (TPSA) is 163 Å². The molecule has 2 aromatic heterocycles. The highest BCUT2D eigenvalue weighted by atomic mass is 31.2. The number of nitrogens with zero attached hydrogens (tertiary/aromatic N) is 6. The Morgan fingerprint density at radius 1 is 1.19 bits per heavy atom. The van der Waals surface area contributed by atoms with Crippen LogP contribution in [0.15, 0.2) is 43.0 Å². The molecule has 13 nitrogen and oxygen atoms in total. The molecule has 226 valence electrons. The second-order valence-corrected chi connectivity index (χ2v) is 11.7. The first-order valence-corrected chi connectivity index (χ1v) is 15.2. The fourth-order valence-electron chi connectivity index (χ4n) is 4.86. The SMILES string of the molecule is CCO[C@@H]1[C@H](N)[C@@H](COP(OCCC#N)N(C(C)C)C(C)C)O[C@H]1n1cnc2c(NC(=O)c3ccccc3)ncnc21. The lowest BCUT2D eigenvalue weighted by Gasteiger charge is -2.36. The van der Waals surface area contributed by atoms with E-state index in [9.17, 15) is 4.79 Å². The Bertz CT molecular complexity index is 1340. The molecule has 42 heavy (non-hydrogen) atoms. The highest BCUT2D eigenvalue weighted by Crippen LogP contribution is 2.47. The van der Waals surface area contributed by atoms with Crippen LogP contribution in [-0.4, -0.2) is 80.3 Å². The van der Waals surface area contributed by atoms with Crippen LogP contribution < -0.4 is 11.1 Å². The Morgan fingerprint density at radius 3 is 2.60 bits per heavy atom. The smallest absolute Gasteiger partial charge is 0.259 e. The Balaban J connectivity index is 1.54. The first-order valence-electron chi connectivity index (χ1n) is 14.0. The van der Waals surface area contributed by atoms with Crippen LogP contribution >= 0.6 is 8.53 Å². The van der Waals surface area contributed by atoms with Gasteiger partial charge in [0.15, 0.2) is 23.2 Å². The van der Waals surface area contributed by atoms with E-state index in [0.717, 1.165) is 0 Å². The zero-order valence-corrected chi connectivity index (χ0v) is 25.5. The molecule has 1 aliphatic heterocycles. The van der Waals surface area contributed by atoms with Gasteiger partial charge in [-0.3, -0.25) is 9.36 Å². The summed E-state index contributed by atoms with van der Waals surface area (Å²) in [6.45, 7) is 11.1. The van der Waals surface area contributed by atoms with Crippen molar-refractivity contribution in [1.29, 1.82) is 5.26 Å². The van der Waals surface area contributed by atoms with Crippen molar-refractivity contribution in [2.75, 3.05) is 25.1 Å². The maximum atomic E-state index is 12.8. The molecule has 3 N–H and O–H groups in total. The normalized spacial score (nSPS) is 21.3. The average molecular weight is 599 g/mol. The van der Waals surface area contributed by atoms with E-state index in [4.69, 9.17) is 29.5 Å². The first kappa shape index (κ1) is 31.8. The fourth-order valence-corrected chi connectivity index (χ4v) is 6.48. The molecule has 0 bridgehead atoms. The minimum Gasteiger partial charge on any atom is -0.372 e. The summed E-state index contributed by atoms with van der Waals surface area (Å²) in [4.78, 5) is 26.0. The van der Waals surface area contributed by atoms with Gasteiger partial charge in [0.2, 0.25) is 0 Å². The predicted octanol–water partition coefficient (Wildman–Crippen LogP) is 4.00. The number of fused-ring (bicyclic) bond motifs is 1. The van der Waals surface area contributed by atoms with Crippen molar-refractivity contribution in [1.82, 2.24) is 24.2 Å². The minimum absolute atomic E-state index is 0.161. The van der Waals surface area contributed by atoms with E-state index in [1.54, 1.807) is 35.2 Å². The average Bonchev–Trinajstić information content (AvgIpc) is 3.53. The molecule has 4 rings (SSSR count). The molecule has 1 amide bonds. The van der Waals surface area contributed by atoms with Gasteiger partial charge in [-0.1, -0.05) is 18.2 Å². The standard InChI is InChI=1S/C28H39N8O5P/c1-6-38-24-22(30)21(15-40-42(39-14-10-13-29)36(18(2)3)19(4)5)41-28(24)35-17-33-23-25(31-16-32-26(23)35)34-27(37)20-11-8-7-9-12-20/h7-9,11-12,16-19,21-22,24,28H,6,10,14-15,30H2,1-5H3,(H,31,32,34,37)/t21-,22-,24-,28-,42?/m1/s1. The molecular formula is C28H39N8O5P. The molecule has 0 radical (unpaired) electrons. The van der Waals surface area contributed by atoms with Crippen LogP contribution in [0.1, 0.15) is 57.6 Å². The number of hydrogen-bond acceptors (Lipinski definition) is 11. The van der Waals surface area contributed by atoms with Gasteiger partial charge in [-0.15, -0.1) is 0 Å². The molecule has 0 saturated carbocycles. The molecule has 1 fully saturated rings. The monoisotopic (exact) mass is 598 g/mol. The van der Waals surface area contributed by atoms with Gasteiger partial charge in [-0.25, -0.2) is 19.6 Å². The Hall–Kier alpha value is -3.08. The molecule has 0 aliphatic carbocycles. The predicted molar refractivity (Wildman–Crippen MR) is 158 cm³/mol. The molecular weight excluding hydrogens is 559 g/mol. The lowest BCUT2D eigenvalue weighted by molar-refractivity contribution is -0.0655. The molecule has 1 aliphatic rings. The van der Waals surface area contributed by atoms with Crippen molar-refractivity contribution in [2.24, 2.45) is 5.73 Å². The van der Waals surface area contributed by atoms with Crippen LogP contribution in [0.3, 0.4) is 0 Å². The van der Waals surface area contributed by atoms with Gasteiger partial charge in [0.05, 0.1) is 38.1 Å². The minimum atomic E-state index is -1.47. The van der Waals surface area contributed by atoms with Crippen LogP contribution in [-0.2, 0) is 18.5 Å². The van der Waals surface area contributed by atoms with E-state index in [0.29, 0.717) is 23.3 Å². The third-order valence-corrected chi connectivity index (χ3v) is 8.75. The maximum Gasteiger partial charge on any atom is 0.259 e. The van der Waals surface area contributed by atoms with E-state index < -0.39 is 33.0 Å². The number of rotatable bonds is 14. The number of ether oxygens (including phenoxy) is 2. The fraction of sp³-hybridized carbons (Fsp3) is 0.536. The van der Waals surface area contributed by atoms with Gasteiger partial charge in [0.25, 0.3) is 14.4 Å². The highest BCUT2D eigenvalue weighted by Gasteiger charge is 2.45. The van der Waals surface area contributed by atoms with Crippen molar-refractivity contribution in [2.45, 2.75) is 77.6 Å². The summed E-state index contributed by atoms with van der Waals surface area (Å²) in [6.07, 6.45) is 1.53. The van der Waals surface area contributed by atoms with E-state index in [-0.39, 0.29) is 43.4 Å². The number of amides is 1. The van der Waals surface area contributed by atoms with Gasteiger partial charge >= 0.3 is 0 Å². The van der Waals surface area contributed by atoms with E-state index >= 15 is 0 Å². The van der Waals surface area contributed by atoms with Crippen molar-refractivity contribution in [3.8, 4) is 6.07 Å². The van der Waals surface area contributed by atoms with E-state index in [1.165, 1.54) is 6.33 Å². The molecule has 3 aromatic rings. The summed E-state index contributed by atoms with van der Waals surface area (Å²) in [6, 6.07) is 10.8. The number of imidazole rings is 1. The number of aromatic nitrogens is 4. The van der Waals surface area contributed by atoms with Crippen LogP contribution in [0, 0.1) is 11.3 Å². The summed E-state index contributed by atoms with van der Waals surface area (Å²) in [5.41, 5.74) is 8.04.